The molecule has 2 rings (SSSR count). The Balaban J connectivity index is 1.99. The summed E-state index contributed by atoms with van der Waals surface area (Å²) in [6, 6.07) is 12.1. The molecule has 0 atom stereocenters. The molecule has 5 nitrogen and oxygen atoms in total. The van der Waals surface area contributed by atoms with Crippen LogP contribution in [-0.2, 0) is 4.79 Å². The average Bonchev–Trinajstić information content (AvgIpc) is 2.48. The van der Waals surface area contributed by atoms with Crippen LogP contribution in [0.15, 0.2) is 42.5 Å². The molecule has 1 heterocycles. The van der Waals surface area contributed by atoms with E-state index >= 15 is 0 Å². The molecule has 0 unspecified atom stereocenters. The second-order valence-corrected chi connectivity index (χ2v) is 5.26. The van der Waals surface area contributed by atoms with E-state index in [1.807, 2.05) is 0 Å². The first kappa shape index (κ1) is 16.0. The van der Waals surface area contributed by atoms with Crippen molar-refractivity contribution in [1.82, 2.24) is 9.88 Å². The van der Waals surface area contributed by atoms with Crippen molar-refractivity contribution in [3.05, 3.63) is 58.9 Å². The van der Waals surface area contributed by atoms with Gasteiger partial charge in [0, 0.05) is 12.7 Å². The molecule has 2 aromatic rings. The topological polar surface area (TPSA) is 62.3 Å². The predicted octanol–water partition coefficient (Wildman–Crippen LogP) is 2.75. The van der Waals surface area contributed by atoms with Crippen LogP contribution in [-0.4, -0.2) is 35.3 Å². The molecular weight excluding hydrogens is 302 g/mol. The molecular formula is C16H16ClN3O2. The van der Waals surface area contributed by atoms with Gasteiger partial charge in [-0.05, 0) is 31.2 Å². The van der Waals surface area contributed by atoms with Crippen LogP contribution in [0, 0.1) is 6.92 Å². The van der Waals surface area contributed by atoms with Crippen molar-refractivity contribution in [2.75, 3.05) is 18.9 Å². The Morgan fingerprint density at radius 2 is 1.91 bits per heavy atom. The molecule has 0 radical (unpaired) electrons. The SMILES string of the molecule is Cc1cccc(C(=O)N(C)CC(=O)Nc2ccccc2Cl)n1. The van der Waals surface area contributed by atoms with E-state index in [-0.39, 0.29) is 18.4 Å². The lowest BCUT2D eigenvalue weighted by Crippen LogP contribution is -2.35. The van der Waals surface area contributed by atoms with Gasteiger partial charge in [-0.1, -0.05) is 29.8 Å². The van der Waals surface area contributed by atoms with Gasteiger partial charge in [-0.15, -0.1) is 0 Å². The number of carbonyl (C=O) groups excluding carboxylic acids is 2. The number of pyridine rings is 1. The Morgan fingerprint density at radius 1 is 1.18 bits per heavy atom. The first-order chi connectivity index (χ1) is 10.5. The lowest BCUT2D eigenvalue weighted by molar-refractivity contribution is -0.116. The van der Waals surface area contributed by atoms with Crippen LogP contribution in [0.5, 0.6) is 0 Å². The summed E-state index contributed by atoms with van der Waals surface area (Å²) < 4.78 is 0. The van der Waals surface area contributed by atoms with E-state index in [0.717, 1.165) is 5.69 Å². The van der Waals surface area contributed by atoms with Gasteiger partial charge >= 0.3 is 0 Å². The minimum absolute atomic E-state index is 0.0837. The number of likely N-dealkylation sites (N-methyl/N-ethyl adjacent to an activating group) is 1. The van der Waals surface area contributed by atoms with Crippen LogP contribution in [0.25, 0.3) is 0 Å². The second kappa shape index (κ2) is 7.04. The number of carbonyl (C=O) groups is 2. The number of hydrogen-bond acceptors (Lipinski definition) is 3. The number of anilines is 1. The number of aryl methyl sites for hydroxylation is 1. The number of rotatable bonds is 4. The highest BCUT2D eigenvalue weighted by molar-refractivity contribution is 6.33. The zero-order chi connectivity index (χ0) is 16.1. The van der Waals surface area contributed by atoms with Gasteiger partial charge in [0.2, 0.25) is 5.91 Å². The molecule has 1 aromatic heterocycles. The zero-order valence-corrected chi connectivity index (χ0v) is 13.1. The van der Waals surface area contributed by atoms with E-state index in [0.29, 0.717) is 16.4 Å². The maximum Gasteiger partial charge on any atom is 0.272 e. The summed E-state index contributed by atoms with van der Waals surface area (Å²) in [7, 11) is 1.55. The number of halogens is 1. The minimum atomic E-state index is -0.323. The minimum Gasteiger partial charge on any atom is -0.331 e. The van der Waals surface area contributed by atoms with Crippen LogP contribution < -0.4 is 5.32 Å². The molecule has 0 aliphatic rings. The number of amides is 2. The molecule has 0 aliphatic carbocycles. The van der Waals surface area contributed by atoms with Crippen molar-refractivity contribution >= 4 is 29.1 Å². The van der Waals surface area contributed by atoms with Crippen molar-refractivity contribution in [3.63, 3.8) is 0 Å². The number of nitrogens with one attached hydrogen (secondary N) is 1. The molecule has 0 spiro atoms. The summed E-state index contributed by atoms with van der Waals surface area (Å²) in [5.41, 5.74) is 1.58. The van der Waals surface area contributed by atoms with Crippen LogP contribution in [0.1, 0.15) is 16.2 Å². The summed E-state index contributed by atoms with van der Waals surface area (Å²) >= 11 is 5.98. The molecule has 6 heteroatoms. The van der Waals surface area contributed by atoms with E-state index in [9.17, 15) is 9.59 Å². The van der Waals surface area contributed by atoms with Gasteiger partial charge in [0.25, 0.3) is 5.91 Å². The predicted molar refractivity (Wildman–Crippen MR) is 86.0 cm³/mol. The smallest absolute Gasteiger partial charge is 0.272 e. The fourth-order valence-corrected chi connectivity index (χ4v) is 2.08. The van der Waals surface area contributed by atoms with Gasteiger partial charge in [0.1, 0.15) is 5.69 Å². The quantitative estimate of drug-likeness (QED) is 0.943. The highest BCUT2D eigenvalue weighted by Gasteiger charge is 2.16. The van der Waals surface area contributed by atoms with Crippen molar-refractivity contribution < 1.29 is 9.59 Å². The number of nitrogens with zero attached hydrogens (tertiary/aromatic N) is 2. The summed E-state index contributed by atoms with van der Waals surface area (Å²) in [4.78, 5) is 29.7. The first-order valence-electron chi connectivity index (χ1n) is 6.71. The summed E-state index contributed by atoms with van der Waals surface area (Å²) in [5.74, 6) is -0.630. The van der Waals surface area contributed by atoms with Gasteiger partial charge < -0.3 is 10.2 Å². The number of para-hydroxylation sites is 1. The summed E-state index contributed by atoms with van der Waals surface area (Å²) in [6.07, 6.45) is 0. The lowest BCUT2D eigenvalue weighted by Gasteiger charge is -2.16. The van der Waals surface area contributed by atoms with E-state index in [2.05, 4.69) is 10.3 Å². The highest BCUT2D eigenvalue weighted by Crippen LogP contribution is 2.20. The van der Waals surface area contributed by atoms with Crippen molar-refractivity contribution in [1.29, 1.82) is 0 Å². The Labute approximate surface area is 133 Å². The summed E-state index contributed by atoms with van der Waals surface area (Å²) in [6.45, 7) is 1.72. The fraction of sp³-hybridized carbons (Fsp3) is 0.188. The van der Waals surface area contributed by atoms with Crippen molar-refractivity contribution in [2.24, 2.45) is 0 Å². The molecule has 0 saturated carbocycles. The maximum atomic E-state index is 12.2. The van der Waals surface area contributed by atoms with Crippen molar-refractivity contribution in [2.45, 2.75) is 6.92 Å². The zero-order valence-electron chi connectivity index (χ0n) is 12.3. The maximum absolute atomic E-state index is 12.2. The Morgan fingerprint density at radius 3 is 2.59 bits per heavy atom. The number of benzene rings is 1. The van der Waals surface area contributed by atoms with Gasteiger partial charge in [-0.3, -0.25) is 9.59 Å². The molecule has 0 aliphatic heterocycles. The lowest BCUT2D eigenvalue weighted by atomic mass is 10.3. The van der Waals surface area contributed by atoms with Gasteiger partial charge in [-0.25, -0.2) is 4.98 Å². The number of hydrogen-bond donors (Lipinski definition) is 1. The molecule has 0 bridgehead atoms. The average molecular weight is 318 g/mol. The Hall–Kier alpha value is -2.40. The molecule has 1 aromatic carbocycles. The van der Waals surface area contributed by atoms with Crippen LogP contribution in [0.3, 0.4) is 0 Å². The molecule has 114 valence electrons. The fourth-order valence-electron chi connectivity index (χ4n) is 1.90. The summed E-state index contributed by atoms with van der Waals surface area (Å²) in [5, 5.41) is 3.12. The monoisotopic (exact) mass is 317 g/mol. The Kier molecular flexibility index (Phi) is 5.12. The third-order valence-electron chi connectivity index (χ3n) is 2.98. The number of aromatic nitrogens is 1. The van der Waals surface area contributed by atoms with Gasteiger partial charge in [-0.2, -0.15) is 0 Å². The molecule has 0 saturated heterocycles. The van der Waals surface area contributed by atoms with E-state index in [1.165, 1.54) is 4.90 Å². The van der Waals surface area contributed by atoms with E-state index in [1.54, 1.807) is 56.4 Å². The van der Waals surface area contributed by atoms with E-state index < -0.39 is 0 Å². The third kappa shape index (κ3) is 4.05. The van der Waals surface area contributed by atoms with E-state index in [4.69, 9.17) is 11.6 Å². The first-order valence-corrected chi connectivity index (χ1v) is 7.08. The second-order valence-electron chi connectivity index (χ2n) is 4.85. The molecule has 1 N–H and O–H groups in total. The Bertz CT molecular complexity index is 703. The van der Waals surface area contributed by atoms with Gasteiger partial charge in [0.15, 0.2) is 0 Å². The van der Waals surface area contributed by atoms with Gasteiger partial charge in [0.05, 0.1) is 17.3 Å². The largest absolute Gasteiger partial charge is 0.331 e. The van der Waals surface area contributed by atoms with Crippen LogP contribution in [0.2, 0.25) is 5.02 Å². The van der Waals surface area contributed by atoms with Crippen LogP contribution >= 0.6 is 11.6 Å². The highest BCUT2D eigenvalue weighted by atomic mass is 35.5. The molecule has 22 heavy (non-hydrogen) atoms. The molecule has 0 fully saturated rings. The third-order valence-corrected chi connectivity index (χ3v) is 3.31. The molecule has 2 amide bonds. The van der Waals surface area contributed by atoms with Crippen molar-refractivity contribution in [3.8, 4) is 0 Å². The van der Waals surface area contributed by atoms with Crippen LogP contribution in [0.4, 0.5) is 5.69 Å². The standard InChI is InChI=1S/C16H16ClN3O2/c1-11-6-5-9-14(18-11)16(22)20(2)10-15(21)19-13-8-4-3-7-12(13)17/h3-9H,10H2,1-2H3,(H,19,21). The normalized spacial score (nSPS) is 10.1.